The van der Waals surface area contributed by atoms with Crippen LogP contribution in [0.4, 0.5) is 24.5 Å². The molecule has 2 rings (SSSR count). The molecule has 4 nitrogen and oxygen atoms in total. The summed E-state index contributed by atoms with van der Waals surface area (Å²) < 4.78 is 38.7. The van der Waals surface area contributed by atoms with E-state index < -0.39 is 23.7 Å². The maximum Gasteiger partial charge on any atom is 0.416 e. The summed E-state index contributed by atoms with van der Waals surface area (Å²) in [6.45, 7) is 3.03. The van der Waals surface area contributed by atoms with E-state index in [0.29, 0.717) is 5.69 Å². The van der Waals surface area contributed by atoms with Crippen molar-refractivity contribution in [3.63, 3.8) is 0 Å². The van der Waals surface area contributed by atoms with Gasteiger partial charge < -0.3 is 16.0 Å². The first kappa shape index (κ1) is 16.6. The number of rotatable bonds is 3. The van der Waals surface area contributed by atoms with Crippen LogP contribution in [0.15, 0.2) is 18.2 Å². The fourth-order valence-corrected chi connectivity index (χ4v) is 2.47. The lowest BCUT2D eigenvalue weighted by atomic mass is 10.1. The number of halogens is 3. The number of carbonyl (C=O) groups excluding carboxylic acids is 1. The summed E-state index contributed by atoms with van der Waals surface area (Å²) in [7, 11) is 0. The first-order valence-corrected chi connectivity index (χ1v) is 7.31. The largest absolute Gasteiger partial charge is 0.416 e. The lowest BCUT2D eigenvalue weighted by Gasteiger charge is -2.31. The van der Waals surface area contributed by atoms with Crippen LogP contribution in [-0.2, 0) is 11.0 Å². The molecule has 1 aliphatic rings. The van der Waals surface area contributed by atoms with Crippen molar-refractivity contribution in [3.8, 4) is 0 Å². The number of nitrogens with zero attached hydrogens (tertiary/aromatic N) is 1. The topological polar surface area (TPSA) is 58.4 Å². The molecule has 1 fully saturated rings. The van der Waals surface area contributed by atoms with Gasteiger partial charge in [0.15, 0.2) is 0 Å². The monoisotopic (exact) mass is 315 g/mol. The Balaban J connectivity index is 2.36. The number of amides is 1. The lowest BCUT2D eigenvalue weighted by Crippen LogP contribution is -2.34. The minimum absolute atomic E-state index is 0.166. The van der Waals surface area contributed by atoms with E-state index in [1.807, 2.05) is 4.90 Å². The predicted molar refractivity (Wildman–Crippen MR) is 79.8 cm³/mol. The second-order valence-corrected chi connectivity index (χ2v) is 5.56. The third-order valence-electron chi connectivity index (χ3n) is 3.69. The molecular weight excluding hydrogens is 295 g/mol. The third-order valence-corrected chi connectivity index (χ3v) is 3.69. The van der Waals surface area contributed by atoms with Crippen LogP contribution in [0.2, 0.25) is 0 Å². The van der Waals surface area contributed by atoms with Crippen LogP contribution >= 0.6 is 0 Å². The standard InChI is InChI=1S/C15H20F3N3O/c1-10(19)14(22)20-12-9-11(15(16,17)18)5-6-13(12)21-7-3-2-4-8-21/h5-6,9-10H,2-4,7-8,19H2,1H3,(H,20,22). The smallest absolute Gasteiger partial charge is 0.370 e. The number of hydrogen-bond acceptors (Lipinski definition) is 3. The SMILES string of the molecule is CC(N)C(=O)Nc1cc(C(F)(F)F)ccc1N1CCCCC1. The Hall–Kier alpha value is -1.76. The molecule has 1 aromatic carbocycles. The quantitative estimate of drug-likeness (QED) is 0.901. The Morgan fingerprint density at radius 2 is 1.91 bits per heavy atom. The molecule has 122 valence electrons. The van der Waals surface area contributed by atoms with Crippen molar-refractivity contribution in [1.82, 2.24) is 0 Å². The molecule has 1 atom stereocenters. The summed E-state index contributed by atoms with van der Waals surface area (Å²) in [6, 6.07) is 2.66. The Bertz CT molecular complexity index is 537. The van der Waals surface area contributed by atoms with Gasteiger partial charge in [0, 0.05) is 13.1 Å². The highest BCUT2D eigenvalue weighted by atomic mass is 19.4. The number of anilines is 2. The average molecular weight is 315 g/mol. The second kappa shape index (κ2) is 6.56. The van der Waals surface area contributed by atoms with Crippen LogP contribution in [0, 0.1) is 0 Å². The van der Waals surface area contributed by atoms with Gasteiger partial charge in [-0.1, -0.05) is 0 Å². The molecule has 3 N–H and O–H groups in total. The molecule has 0 bridgehead atoms. The van der Waals surface area contributed by atoms with Crippen LogP contribution in [0.25, 0.3) is 0 Å². The van der Waals surface area contributed by atoms with E-state index in [1.54, 1.807) is 0 Å². The molecule has 22 heavy (non-hydrogen) atoms. The molecule has 0 radical (unpaired) electrons. The zero-order valence-electron chi connectivity index (χ0n) is 12.4. The number of nitrogens with one attached hydrogen (secondary N) is 1. The molecule has 1 aromatic rings. The summed E-state index contributed by atoms with van der Waals surface area (Å²) in [4.78, 5) is 13.8. The van der Waals surface area contributed by atoms with Crippen molar-refractivity contribution >= 4 is 17.3 Å². The van der Waals surface area contributed by atoms with Gasteiger partial charge in [-0.25, -0.2) is 0 Å². The van der Waals surface area contributed by atoms with E-state index in [-0.39, 0.29) is 5.69 Å². The summed E-state index contributed by atoms with van der Waals surface area (Å²) in [6.07, 6.45) is -1.36. The maximum atomic E-state index is 12.9. The highest BCUT2D eigenvalue weighted by Crippen LogP contribution is 2.36. The Kier molecular flexibility index (Phi) is 4.95. The molecule has 0 aromatic heterocycles. The fourth-order valence-electron chi connectivity index (χ4n) is 2.47. The van der Waals surface area contributed by atoms with Gasteiger partial charge in [-0.3, -0.25) is 4.79 Å². The molecule has 1 amide bonds. The van der Waals surface area contributed by atoms with E-state index >= 15 is 0 Å². The normalized spacial score (nSPS) is 17.2. The Morgan fingerprint density at radius 3 is 2.45 bits per heavy atom. The number of alkyl halides is 3. The zero-order chi connectivity index (χ0) is 16.3. The highest BCUT2D eigenvalue weighted by molar-refractivity contribution is 5.97. The van der Waals surface area contributed by atoms with Gasteiger partial charge in [0.25, 0.3) is 0 Å². The number of benzene rings is 1. The van der Waals surface area contributed by atoms with E-state index in [9.17, 15) is 18.0 Å². The highest BCUT2D eigenvalue weighted by Gasteiger charge is 2.32. The molecule has 1 heterocycles. The van der Waals surface area contributed by atoms with Crippen molar-refractivity contribution in [1.29, 1.82) is 0 Å². The number of hydrogen-bond donors (Lipinski definition) is 2. The van der Waals surface area contributed by atoms with Crippen molar-refractivity contribution in [2.75, 3.05) is 23.3 Å². The molecule has 0 saturated carbocycles. The summed E-state index contributed by atoms with van der Waals surface area (Å²) in [5, 5.41) is 2.51. The molecule has 1 aliphatic heterocycles. The predicted octanol–water partition coefficient (Wildman–Crippen LogP) is 2.98. The van der Waals surface area contributed by atoms with Gasteiger partial charge in [-0.2, -0.15) is 13.2 Å². The van der Waals surface area contributed by atoms with Crippen LogP contribution in [0.1, 0.15) is 31.7 Å². The summed E-state index contributed by atoms with van der Waals surface area (Å²) in [5.74, 6) is -0.502. The van der Waals surface area contributed by atoms with Crippen molar-refractivity contribution in [3.05, 3.63) is 23.8 Å². The lowest BCUT2D eigenvalue weighted by molar-refractivity contribution is -0.137. The summed E-state index contributed by atoms with van der Waals surface area (Å²) in [5.41, 5.74) is 5.48. The molecular formula is C15H20F3N3O. The summed E-state index contributed by atoms with van der Waals surface area (Å²) >= 11 is 0. The van der Waals surface area contributed by atoms with Gasteiger partial charge in [0.1, 0.15) is 0 Å². The van der Waals surface area contributed by atoms with Crippen molar-refractivity contribution < 1.29 is 18.0 Å². The van der Waals surface area contributed by atoms with Crippen LogP contribution in [0.5, 0.6) is 0 Å². The van der Waals surface area contributed by atoms with Gasteiger partial charge >= 0.3 is 6.18 Å². The third kappa shape index (κ3) is 3.91. The molecule has 1 unspecified atom stereocenters. The van der Waals surface area contributed by atoms with Gasteiger partial charge in [-0.15, -0.1) is 0 Å². The first-order chi connectivity index (χ1) is 10.3. The van der Waals surface area contributed by atoms with E-state index in [0.717, 1.165) is 44.5 Å². The van der Waals surface area contributed by atoms with Crippen LogP contribution in [0.3, 0.4) is 0 Å². The minimum atomic E-state index is -4.45. The number of piperidine rings is 1. The van der Waals surface area contributed by atoms with Crippen LogP contribution in [-0.4, -0.2) is 25.0 Å². The number of nitrogens with two attached hydrogens (primary N) is 1. The van der Waals surface area contributed by atoms with Gasteiger partial charge in [0.05, 0.1) is 23.0 Å². The zero-order valence-corrected chi connectivity index (χ0v) is 12.4. The molecule has 0 spiro atoms. The maximum absolute atomic E-state index is 12.9. The van der Waals surface area contributed by atoms with E-state index in [1.165, 1.54) is 13.0 Å². The van der Waals surface area contributed by atoms with Crippen LogP contribution < -0.4 is 16.0 Å². The molecule has 0 aliphatic carbocycles. The fraction of sp³-hybridized carbons (Fsp3) is 0.533. The average Bonchev–Trinajstić information content (AvgIpc) is 2.47. The van der Waals surface area contributed by atoms with E-state index in [2.05, 4.69) is 5.32 Å². The Morgan fingerprint density at radius 1 is 1.27 bits per heavy atom. The molecule has 7 heteroatoms. The minimum Gasteiger partial charge on any atom is -0.370 e. The van der Waals surface area contributed by atoms with Crippen molar-refractivity contribution in [2.45, 2.75) is 38.4 Å². The van der Waals surface area contributed by atoms with Gasteiger partial charge in [-0.05, 0) is 44.4 Å². The van der Waals surface area contributed by atoms with Gasteiger partial charge in [0.2, 0.25) is 5.91 Å². The van der Waals surface area contributed by atoms with E-state index in [4.69, 9.17) is 5.73 Å². The first-order valence-electron chi connectivity index (χ1n) is 7.31. The number of carbonyl (C=O) groups is 1. The second-order valence-electron chi connectivity index (χ2n) is 5.56. The Labute approximate surface area is 127 Å². The molecule has 1 saturated heterocycles. The van der Waals surface area contributed by atoms with Crippen molar-refractivity contribution in [2.24, 2.45) is 5.73 Å².